The number of methoxy groups -OCH3 is 1. The van der Waals surface area contributed by atoms with Crippen molar-refractivity contribution < 1.29 is 24.2 Å². The van der Waals surface area contributed by atoms with Crippen molar-refractivity contribution in [2.75, 3.05) is 7.11 Å². The van der Waals surface area contributed by atoms with E-state index in [4.69, 9.17) is 4.74 Å². The summed E-state index contributed by atoms with van der Waals surface area (Å²) in [5.74, 6) is -0.763. The second-order valence-corrected chi connectivity index (χ2v) is 6.56. The Bertz CT molecular complexity index is 524. The molecule has 0 saturated heterocycles. The Hall–Kier alpha value is -1.60. The van der Waals surface area contributed by atoms with Gasteiger partial charge in [0.1, 0.15) is 11.7 Å². The van der Waals surface area contributed by atoms with E-state index in [1.165, 1.54) is 7.11 Å². The molecular formula is C15H20BrNO5. The zero-order valence-electron chi connectivity index (χ0n) is 12.9. The predicted molar refractivity (Wildman–Crippen MR) is 84.3 cm³/mol. The van der Waals surface area contributed by atoms with E-state index < -0.39 is 29.8 Å². The van der Waals surface area contributed by atoms with Gasteiger partial charge in [-0.05, 0) is 38.5 Å². The number of rotatable bonds is 4. The lowest BCUT2D eigenvalue weighted by molar-refractivity contribution is -0.146. The average molecular weight is 374 g/mol. The Labute approximate surface area is 137 Å². The third-order valence-corrected chi connectivity index (χ3v) is 3.18. The highest BCUT2D eigenvalue weighted by atomic mass is 79.9. The van der Waals surface area contributed by atoms with Crippen molar-refractivity contribution in [1.29, 1.82) is 0 Å². The summed E-state index contributed by atoms with van der Waals surface area (Å²) in [6.07, 6.45) is -2.06. The molecule has 0 heterocycles. The number of hydrogen-bond donors (Lipinski definition) is 2. The van der Waals surface area contributed by atoms with Crippen LogP contribution in [0.25, 0.3) is 0 Å². The number of esters is 1. The van der Waals surface area contributed by atoms with Crippen LogP contribution in [0.2, 0.25) is 0 Å². The standard InChI is InChI=1S/C15H20BrNO5/c1-15(2,3)22-14(20)17-11(13(19)21-4)12(18)9-5-7-10(16)8-6-9/h5-8,11-12,18H,1-4H3,(H,17,20)/t11-,12+/m0/s1. The summed E-state index contributed by atoms with van der Waals surface area (Å²) >= 11 is 3.28. The molecule has 0 aliphatic heterocycles. The molecule has 0 aromatic heterocycles. The van der Waals surface area contributed by atoms with Crippen LogP contribution in [-0.4, -0.2) is 35.9 Å². The number of aliphatic hydroxyl groups excluding tert-OH is 1. The lowest BCUT2D eigenvalue weighted by Crippen LogP contribution is -2.47. The van der Waals surface area contributed by atoms with Crippen molar-refractivity contribution in [2.24, 2.45) is 0 Å². The molecule has 2 N–H and O–H groups in total. The van der Waals surface area contributed by atoms with Gasteiger partial charge in [-0.3, -0.25) is 0 Å². The first-order valence-electron chi connectivity index (χ1n) is 6.65. The second kappa shape index (κ2) is 7.60. The second-order valence-electron chi connectivity index (χ2n) is 5.64. The zero-order valence-corrected chi connectivity index (χ0v) is 14.5. The molecule has 0 radical (unpaired) electrons. The number of hydrogen-bond acceptors (Lipinski definition) is 5. The number of alkyl carbamates (subject to hydrolysis) is 1. The van der Waals surface area contributed by atoms with E-state index in [2.05, 4.69) is 26.0 Å². The van der Waals surface area contributed by atoms with Crippen molar-refractivity contribution in [2.45, 2.75) is 38.5 Å². The van der Waals surface area contributed by atoms with Crippen molar-refractivity contribution in [3.8, 4) is 0 Å². The third kappa shape index (κ3) is 5.65. The van der Waals surface area contributed by atoms with Crippen LogP contribution < -0.4 is 5.32 Å². The van der Waals surface area contributed by atoms with E-state index in [1.54, 1.807) is 45.0 Å². The van der Waals surface area contributed by atoms with E-state index in [-0.39, 0.29) is 0 Å². The average Bonchev–Trinajstić information content (AvgIpc) is 2.42. The van der Waals surface area contributed by atoms with Gasteiger partial charge in [-0.2, -0.15) is 0 Å². The van der Waals surface area contributed by atoms with Crippen LogP contribution in [-0.2, 0) is 14.3 Å². The van der Waals surface area contributed by atoms with E-state index in [9.17, 15) is 14.7 Å². The normalized spacial score (nSPS) is 13.9. The molecule has 1 aromatic rings. The Kier molecular flexibility index (Phi) is 6.37. The number of ether oxygens (including phenoxy) is 2. The maximum absolute atomic E-state index is 11.8. The molecular weight excluding hydrogens is 354 g/mol. The Balaban J connectivity index is 2.90. The zero-order chi connectivity index (χ0) is 16.9. The highest BCUT2D eigenvalue weighted by Crippen LogP contribution is 2.21. The van der Waals surface area contributed by atoms with Crippen LogP contribution in [0, 0.1) is 0 Å². The van der Waals surface area contributed by atoms with E-state index in [1.807, 2.05) is 0 Å². The van der Waals surface area contributed by atoms with Gasteiger partial charge in [-0.1, -0.05) is 28.1 Å². The molecule has 22 heavy (non-hydrogen) atoms. The molecule has 2 atom stereocenters. The third-order valence-electron chi connectivity index (χ3n) is 2.65. The van der Waals surface area contributed by atoms with Crippen molar-refractivity contribution in [1.82, 2.24) is 5.32 Å². The van der Waals surface area contributed by atoms with Gasteiger partial charge in [0.05, 0.1) is 7.11 Å². The quantitative estimate of drug-likeness (QED) is 0.792. The highest BCUT2D eigenvalue weighted by Gasteiger charge is 2.32. The molecule has 1 aromatic carbocycles. The first-order valence-corrected chi connectivity index (χ1v) is 7.44. The van der Waals surface area contributed by atoms with E-state index in [0.717, 1.165) is 4.47 Å². The predicted octanol–water partition coefficient (Wildman–Crippen LogP) is 2.55. The van der Waals surface area contributed by atoms with Gasteiger partial charge in [0.2, 0.25) is 0 Å². The minimum Gasteiger partial charge on any atom is -0.467 e. The van der Waals surface area contributed by atoms with Gasteiger partial charge >= 0.3 is 12.1 Å². The molecule has 1 rings (SSSR count). The van der Waals surface area contributed by atoms with Crippen molar-refractivity contribution in [3.63, 3.8) is 0 Å². The van der Waals surface area contributed by atoms with Crippen LogP contribution in [0.15, 0.2) is 28.7 Å². The first kappa shape index (κ1) is 18.4. The van der Waals surface area contributed by atoms with Crippen molar-refractivity contribution >= 4 is 28.0 Å². The van der Waals surface area contributed by atoms with Gasteiger partial charge in [0.25, 0.3) is 0 Å². The summed E-state index contributed by atoms with van der Waals surface area (Å²) in [4.78, 5) is 23.7. The highest BCUT2D eigenvalue weighted by molar-refractivity contribution is 9.10. The van der Waals surface area contributed by atoms with Gasteiger partial charge < -0.3 is 19.9 Å². The maximum atomic E-state index is 11.8. The summed E-state index contributed by atoms with van der Waals surface area (Å²) in [7, 11) is 1.18. The lowest BCUT2D eigenvalue weighted by atomic mass is 10.0. The van der Waals surface area contributed by atoms with Crippen LogP contribution in [0.1, 0.15) is 32.4 Å². The molecule has 0 aliphatic carbocycles. The van der Waals surface area contributed by atoms with Crippen LogP contribution in [0.5, 0.6) is 0 Å². The van der Waals surface area contributed by atoms with E-state index >= 15 is 0 Å². The number of carbonyl (C=O) groups excluding carboxylic acids is 2. The number of halogens is 1. The maximum Gasteiger partial charge on any atom is 0.408 e. The fourth-order valence-corrected chi connectivity index (χ4v) is 1.94. The van der Waals surface area contributed by atoms with E-state index in [0.29, 0.717) is 5.56 Å². The minimum absolute atomic E-state index is 0.467. The number of amides is 1. The Morgan fingerprint density at radius 3 is 2.23 bits per heavy atom. The summed E-state index contributed by atoms with van der Waals surface area (Å²) < 4.78 is 10.6. The number of carbonyl (C=O) groups is 2. The molecule has 0 unspecified atom stereocenters. The molecule has 122 valence electrons. The fourth-order valence-electron chi connectivity index (χ4n) is 1.68. The lowest BCUT2D eigenvalue weighted by Gasteiger charge is -2.25. The summed E-state index contributed by atoms with van der Waals surface area (Å²) in [6.45, 7) is 5.10. The molecule has 7 heteroatoms. The molecule has 0 spiro atoms. The molecule has 0 fully saturated rings. The van der Waals surface area contributed by atoms with Crippen LogP contribution in [0.3, 0.4) is 0 Å². The van der Waals surface area contributed by atoms with Crippen molar-refractivity contribution in [3.05, 3.63) is 34.3 Å². The number of nitrogens with one attached hydrogen (secondary N) is 1. The molecule has 0 bridgehead atoms. The Morgan fingerprint density at radius 1 is 1.23 bits per heavy atom. The smallest absolute Gasteiger partial charge is 0.408 e. The monoisotopic (exact) mass is 373 g/mol. The summed E-state index contributed by atoms with van der Waals surface area (Å²) in [6, 6.07) is 5.46. The topological polar surface area (TPSA) is 84.9 Å². The SMILES string of the molecule is COC(=O)[C@@H](NC(=O)OC(C)(C)C)[C@H](O)c1ccc(Br)cc1. The summed E-state index contributed by atoms with van der Waals surface area (Å²) in [5, 5.41) is 12.7. The van der Waals surface area contributed by atoms with Gasteiger partial charge in [-0.25, -0.2) is 9.59 Å². The minimum atomic E-state index is -1.26. The van der Waals surface area contributed by atoms with Gasteiger partial charge in [0.15, 0.2) is 6.04 Å². The van der Waals surface area contributed by atoms with Gasteiger partial charge in [0, 0.05) is 4.47 Å². The molecule has 0 aliphatic rings. The number of benzene rings is 1. The fraction of sp³-hybridized carbons (Fsp3) is 0.467. The summed E-state index contributed by atoms with van der Waals surface area (Å²) in [5.41, 5.74) is -0.248. The molecule has 1 amide bonds. The first-order chi connectivity index (χ1) is 10.1. The van der Waals surface area contributed by atoms with Crippen LogP contribution in [0.4, 0.5) is 4.79 Å². The molecule has 6 nitrogen and oxygen atoms in total. The molecule has 0 saturated carbocycles. The van der Waals surface area contributed by atoms with Gasteiger partial charge in [-0.15, -0.1) is 0 Å². The van der Waals surface area contributed by atoms with Crippen LogP contribution >= 0.6 is 15.9 Å². The largest absolute Gasteiger partial charge is 0.467 e. The Morgan fingerprint density at radius 2 is 1.77 bits per heavy atom. The number of aliphatic hydroxyl groups is 1.